The van der Waals surface area contributed by atoms with Crippen molar-refractivity contribution in [2.75, 3.05) is 45.1 Å². The fraction of sp³-hybridized carbons (Fsp3) is 0.853. The summed E-state index contributed by atoms with van der Waals surface area (Å²) in [6.07, 6.45) is 13.3. The van der Waals surface area contributed by atoms with Crippen LogP contribution in [-0.2, 0) is 34.4 Å². The van der Waals surface area contributed by atoms with E-state index in [4.69, 9.17) is 29.0 Å². The lowest BCUT2D eigenvalue weighted by molar-refractivity contribution is -0.279. The first kappa shape index (κ1) is 43.4. The molecule has 0 saturated carbocycles. The van der Waals surface area contributed by atoms with Crippen molar-refractivity contribution >= 4 is 24.7 Å². The van der Waals surface area contributed by atoms with Crippen molar-refractivity contribution in [2.24, 2.45) is 0 Å². The Morgan fingerprint density at radius 2 is 1.45 bits per heavy atom. The summed E-state index contributed by atoms with van der Waals surface area (Å²) in [5.41, 5.74) is 5.51. The Labute approximate surface area is 300 Å². The zero-order chi connectivity index (χ0) is 36.9. The van der Waals surface area contributed by atoms with Crippen LogP contribution in [0.4, 0.5) is 5.95 Å². The van der Waals surface area contributed by atoms with Crippen molar-refractivity contribution in [2.45, 2.75) is 147 Å². The Kier molecular flexibility index (Phi) is 20.7. The molecule has 2 aromatic heterocycles. The minimum absolute atomic E-state index is 0.0268. The number of nitrogens with zero attached hydrogens (tertiary/aromatic N) is 3. The molecular weight excluding hydrogens is 685 g/mol. The van der Waals surface area contributed by atoms with E-state index < -0.39 is 56.8 Å². The number of rotatable bonds is 29. The number of nitrogens with one attached hydrogen (secondary N) is 1. The van der Waals surface area contributed by atoms with Crippen LogP contribution in [0.5, 0.6) is 0 Å². The molecule has 0 bridgehead atoms. The molecule has 16 nitrogen and oxygen atoms in total. The number of aromatic nitrogens is 4. The van der Waals surface area contributed by atoms with Crippen LogP contribution in [0.15, 0.2) is 11.1 Å². The summed E-state index contributed by atoms with van der Waals surface area (Å²) < 4.78 is 43.0. The van der Waals surface area contributed by atoms with Gasteiger partial charge in [0, 0.05) is 13.2 Å². The van der Waals surface area contributed by atoms with Gasteiger partial charge in [-0.2, -0.15) is 4.98 Å². The average molecular weight is 748 g/mol. The van der Waals surface area contributed by atoms with E-state index >= 15 is 0 Å². The van der Waals surface area contributed by atoms with Gasteiger partial charge in [0.1, 0.15) is 30.8 Å². The van der Waals surface area contributed by atoms with Gasteiger partial charge in [-0.25, -0.2) is 4.98 Å². The highest BCUT2D eigenvalue weighted by Gasteiger charge is 2.47. The molecule has 6 atom stereocenters. The average Bonchev–Trinajstić information content (AvgIpc) is 3.52. The summed E-state index contributed by atoms with van der Waals surface area (Å²) in [7, 11) is -4.15. The van der Waals surface area contributed by atoms with Crippen molar-refractivity contribution < 1.29 is 48.2 Å². The van der Waals surface area contributed by atoms with Crippen LogP contribution in [-0.4, -0.2) is 110 Å². The Morgan fingerprint density at radius 1 is 0.843 bits per heavy atom. The quantitative estimate of drug-likeness (QED) is 0.0511. The number of imidazole rings is 1. The van der Waals surface area contributed by atoms with E-state index in [1.54, 1.807) is 0 Å². The highest BCUT2D eigenvalue weighted by Crippen LogP contribution is 2.50. The van der Waals surface area contributed by atoms with Crippen LogP contribution in [0.3, 0.4) is 0 Å². The van der Waals surface area contributed by atoms with Crippen molar-refractivity contribution in [3.63, 3.8) is 0 Å². The van der Waals surface area contributed by atoms with Gasteiger partial charge < -0.3 is 49.5 Å². The number of ether oxygens (including phenoxy) is 3. The first-order valence-electron chi connectivity index (χ1n) is 18.8. The first-order chi connectivity index (χ1) is 24.7. The Bertz CT molecular complexity index is 1330. The third-order valence-electron chi connectivity index (χ3n) is 8.99. The summed E-state index contributed by atoms with van der Waals surface area (Å²) >= 11 is 0. The Hall–Kier alpha value is -1.98. The molecule has 2 aromatic rings. The molecule has 0 amide bonds. The molecule has 0 radical (unpaired) electrons. The number of aliphatic hydroxyl groups excluding tert-OH is 4. The zero-order valence-electron chi connectivity index (χ0n) is 30.2. The number of aliphatic hydroxyl groups is 4. The number of hydrogen-bond donors (Lipinski definition) is 6. The van der Waals surface area contributed by atoms with Gasteiger partial charge in [-0.05, 0) is 6.42 Å². The van der Waals surface area contributed by atoms with Crippen molar-refractivity contribution in [1.82, 2.24) is 19.5 Å². The SMILES string of the molecule is CCCCCCCCCCCCCCCCCCOCCOP(=O)(COCCn1cnc2c(=O)[nH]c(N)nc21)OC1O[C@H](CO)[C@H](O)[C@H](O)[C@H]1O. The van der Waals surface area contributed by atoms with Crippen molar-refractivity contribution in [1.29, 1.82) is 0 Å². The van der Waals surface area contributed by atoms with Crippen LogP contribution in [0.2, 0.25) is 0 Å². The molecule has 51 heavy (non-hydrogen) atoms. The topological polar surface area (TPSA) is 234 Å². The molecule has 1 fully saturated rings. The summed E-state index contributed by atoms with van der Waals surface area (Å²) in [5, 5.41) is 40.2. The highest BCUT2D eigenvalue weighted by molar-refractivity contribution is 7.53. The number of nitrogens with two attached hydrogens (primary N) is 1. The number of aromatic amines is 1. The molecular formula is C34H62N5O11P. The molecule has 7 N–H and O–H groups in total. The van der Waals surface area contributed by atoms with Crippen LogP contribution >= 0.6 is 7.60 Å². The Morgan fingerprint density at radius 3 is 2.06 bits per heavy atom. The molecule has 1 saturated heterocycles. The van der Waals surface area contributed by atoms with E-state index in [1.165, 1.54) is 94.4 Å². The largest absolute Gasteiger partial charge is 0.394 e. The number of unbranched alkanes of at least 4 members (excludes halogenated alkanes) is 15. The third kappa shape index (κ3) is 15.5. The van der Waals surface area contributed by atoms with Crippen LogP contribution < -0.4 is 11.3 Å². The highest BCUT2D eigenvalue weighted by atomic mass is 31.2. The van der Waals surface area contributed by atoms with Crippen molar-refractivity contribution in [3.05, 3.63) is 16.7 Å². The number of nitrogen functional groups attached to an aromatic ring is 1. The second kappa shape index (κ2) is 24.4. The van der Waals surface area contributed by atoms with Crippen molar-refractivity contribution in [3.8, 4) is 0 Å². The molecule has 294 valence electrons. The van der Waals surface area contributed by atoms with E-state index in [1.807, 2.05) is 0 Å². The molecule has 0 spiro atoms. The van der Waals surface area contributed by atoms with E-state index in [0.29, 0.717) is 6.61 Å². The number of fused-ring (bicyclic) bond motifs is 1. The molecule has 1 aliphatic rings. The lowest BCUT2D eigenvalue weighted by Crippen LogP contribution is -2.59. The molecule has 1 aliphatic heterocycles. The molecule has 0 aromatic carbocycles. The predicted octanol–water partition coefficient (Wildman–Crippen LogP) is 3.98. The molecule has 3 heterocycles. The minimum atomic E-state index is -4.15. The zero-order valence-corrected chi connectivity index (χ0v) is 31.1. The van der Waals surface area contributed by atoms with E-state index in [9.17, 15) is 29.8 Å². The summed E-state index contributed by atoms with van der Waals surface area (Å²) in [5.74, 6) is -0.0713. The third-order valence-corrected chi connectivity index (χ3v) is 10.6. The monoisotopic (exact) mass is 747 g/mol. The second-order valence-corrected chi connectivity index (χ2v) is 15.2. The fourth-order valence-corrected chi connectivity index (χ4v) is 7.37. The second-order valence-electron chi connectivity index (χ2n) is 13.3. The lowest BCUT2D eigenvalue weighted by Gasteiger charge is -2.40. The molecule has 2 unspecified atom stereocenters. The Balaban J connectivity index is 1.33. The van der Waals surface area contributed by atoms with Crippen LogP contribution in [0.25, 0.3) is 11.2 Å². The smallest absolute Gasteiger partial charge is 0.358 e. The van der Waals surface area contributed by atoms with Crippen LogP contribution in [0.1, 0.15) is 110 Å². The van der Waals surface area contributed by atoms with E-state index in [2.05, 4.69) is 21.9 Å². The summed E-state index contributed by atoms with van der Waals surface area (Å²) in [6.45, 7) is 2.25. The molecule has 3 rings (SSSR count). The van der Waals surface area contributed by atoms with E-state index in [-0.39, 0.29) is 43.5 Å². The van der Waals surface area contributed by atoms with Gasteiger partial charge in [-0.3, -0.25) is 18.9 Å². The maximum atomic E-state index is 13.7. The van der Waals surface area contributed by atoms with Gasteiger partial charge in [0.2, 0.25) is 5.95 Å². The minimum Gasteiger partial charge on any atom is -0.394 e. The fourth-order valence-electron chi connectivity index (χ4n) is 5.97. The number of anilines is 1. The maximum absolute atomic E-state index is 13.7. The standard InChI is InChI=1S/C34H62N5O11P/c1-2-3-4-5-6-7-8-9-10-11-12-13-14-15-16-17-19-46-21-22-48-51(45,50-33-30(43)29(42)28(41)26(23-40)49-33)25-47-20-18-39-24-36-27-31(39)37-34(35)38-32(27)44/h24,26,28-30,33,40-43H,2-23,25H2,1H3,(H3,35,37,38,44)/t26-,28+,29+,30-,33?,51?/m1/s1. The van der Waals surface area contributed by atoms with Gasteiger partial charge in [0.25, 0.3) is 5.56 Å². The molecule has 17 heteroatoms. The number of hydrogen-bond acceptors (Lipinski definition) is 14. The maximum Gasteiger partial charge on any atom is 0.358 e. The van der Waals surface area contributed by atoms with Gasteiger partial charge in [-0.1, -0.05) is 103 Å². The van der Waals surface area contributed by atoms with Gasteiger partial charge >= 0.3 is 7.60 Å². The lowest BCUT2D eigenvalue weighted by atomic mass is 10.00. The summed E-state index contributed by atoms with van der Waals surface area (Å²) in [4.78, 5) is 22.5. The van der Waals surface area contributed by atoms with Gasteiger partial charge in [0.05, 0.1) is 32.8 Å². The molecule has 0 aliphatic carbocycles. The first-order valence-corrected chi connectivity index (χ1v) is 20.5. The van der Waals surface area contributed by atoms with Gasteiger partial charge in [0.15, 0.2) is 17.5 Å². The van der Waals surface area contributed by atoms with Gasteiger partial charge in [-0.15, -0.1) is 0 Å². The number of H-pyrrole nitrogens is 1. The predicted molar refractivity (Wildman–Crippen MR) is 192 cm³/mol. The summed E-state index contributed by atoms with van der Waals surface area (Å²) in [6, 6.07) is 0. The van der Waals surface area contributed by atoms with E-state index in [0.717, 1.165) is 19.3 Å². The van der Waals surface area contributed by atoms with Crippen LogP contribution in [0, 0.1) is 0 Å². The normalized spacial score (nSPS) is 22.1.